The zero-order chi connectivity index (χ0) is 22.8. The van der Waals surface area contributed by atoms with Crippen LogP contribution in [-0.4, -0.2) is 33.8 Å². The second-order valence-electron chi connectivity index (χ2n) is 7.18. The number of pyridine rings is 1. The van der Waals surface area contributed by atoms with Gasteiger partial charge in [0.1, 0.15) is 17.3 Å². The molecule has 1 aliphatic heterocycles. The average Bonchev–Trinajstić information content (AvgIpc) is 3.04. The van der Waals surface area contributed by atoms with E-state index in [-0.39, 0.29) is 23.4 Å². The molecule has 0 spiro atoms. The van der Waals surface area contributed by atoms with Gasteiger partial charge in [0.05, 0.1) is 24.3 Å². The first-order chi connectivity index (χ1) is 15.4. The number of carbonyl (C=O) groups is 2. The van der Waals surface area contributed by atoms with Gasteiger partial charge in [-0.05, 0) is 53.6 Å². The molecule has 1 saturated heterocycles. The summed E-state index contributed by atoms with van der Waals surface area (Å²) >= 11 is 6.10. The van der Waals surface area contributed by atoms with Crippen molar-refractivity contribution in [2.24, 2.45) is 0 Å². The minimum absolute atomic E-state index is 0.0958. The molecule has 1 aromatic heterocycles. The Balaban J connectivity index is 1.91. The van der Waals surface area contributed by atoms with Crippen LogP contribution in [0, 0.1) is 5.82 Å². The molecule has 0 radical (unpaired) electrons. The molecule has 162 valence electrons. The van der Waals surface area contributed by atoms with Crippen LogP contribution in [0.3, 0.4) is 0 Å². The quantitative estimate of drug-likeness (QED) is 0.350. The van der Waals surface area contributed by atoms with Crippen LogP contribution in [-0.2, 0) is 16.1 Å². The zero-order valence-corrected chi connectivity index (χ0v) is 17.7. The van der Waals surface area contributed by atoms with E-state index in [1.165, 1.54) is 42.3 Å². The van der Waals surface area contributed by atoms with E-state index in [4.69, 9.17) is 16.3 Å². The van der Waals surface area contributed by atoms with Gasteiger partial charge in [0, 0.05) is 24.0 Å². The summed E-state index contributed by atoms with van der Waals surface area (Å²) in [5.74, 6) is -2.23. The molecule has 2 heterocycles. The molecule has 1 atom stereocenters. The summed E-state index contributed by atoms with van der Waals surface area (Å²) in [5, 5.41) is 11.5. The van der Waals surface area contributed by atoms with Gasteiger partial charge in [0.2, 0.25) is 0 Å². The maximum atomic E-state index is 13.6. The average molecular weight is 453 g/mol. The maximum Gasteiger partial charge on any atom is 0.295 e. The van der Waals surface area contributed by atoms with Crippen molar-refractivity contribution in [1.29, 1.82) is 0 Å². The summed E-state index contributed by atoms with van der Waals surface area (Å²) in [7, 11) is 1.42. The summed E-state index contributed by atoms with van der Waals surface area (Å²) in [5.41, 5.74) is 1.27. The monoisotopic (exact) mass is 452 g/mol. The first kappa shape index (κ1) is 21.5. The number of aromatic nitrogens is 1. The number of nitrogens with zero attached hydrogens (tertiary/aromatic N) is 2. The van der Waals surface area contributed by atoms with Gasteiger partial charge in [-0.1, -0.05) is 23.7 Å². The molecular weight excluding hydrogens is 435 g/mol. The standard InChI is InChI=1S/C24H18ClFN2O4/c1-32-19-7-4-16(25)12-18(19)22(29)20-21(15-2-5-17(26)6-3-15)28(24(31)23(20)30)13-14-8-10-27-11-9-14/h2-12,21,29H,13H2,1H3/b22-20+. The number of methoxy groups -OCH3 is 1. The van der Waals surface area contributed by atoms with E-state index in [9.17, 15) is 19.1 Å². The number of likely N-dealkylation sites (tertiary alicyclic amines) is 1. The van der Waals surface area contributed by atoms with E-state index >= 15 is 0 Å². The third-order valence-electron chi connectivity index (χ3n) is 5.24. The number of aliphatic hydroxyl groups is 1. The molecule has 1 unspecified atom stereocenters. The van der Waals surface area contributed by atoms with Crippen LogP contribution in [0.1, 0.15) is 22.7 Å². The summed E-state index contributed by atoms with van der Waals surface area (Å²) in [6.07, 6.45) is 3.16. The topological polar surface area (TPSA) is 79.7 Å². The summed E-state index contributed by atoms with van der Waals surface area (Å²) in [6.45, 7) is 0.0958. The lowest BCUT2D eigenvalue weighted by Gasteiger charge is -2.25. The summed E-state index contributed by atoms with van der Waals surface area (Å²) in [4.78, 5) is 31.4. The predicted molar refractivity (Wildman–Crippen MR) is 116 cm³/mol. The highest BCUT2D eigenvalue weighted by atomic mass is 35.5. The lowest BCUT2D eigenvalue weighted by atomic mass is 9.95. The fraction of sp³-hybridized carbons (Fsp3) is 0.125. The molecule has 1 fully saturated rings. The third-order valence-corrected chi connectivity index (χ3v) is 5.48. The lowest BCUT2D eigenvalue weighted by molar-refractivity contribution is -0.140. The number of rotatable bonds is 5. The number of ketones is 1. The van der Waals surface area contributed by atoms with E-state index in [2.05, 4.69) is 4.98 Å². The number of Topliss-reactive ketones (excluding diaryl/α,β-unsaturated/α-hetero) is 1. The van der Waals surface area contributed by atoms with Crippen molar-refractivity contribution >= 4 is 29.1 Å². The Morgan fingerprint density at radius 3 is 2.47 bits per heavy atom. The molecule has 0 bridgehead atoms. The van der Waals surface area contributed by atoms with Crippen molar-refractivity contribution in [2.75, 3.05) is 7.11 Å². The van der Waals surface area contributed by atoms with Crippen molar-refractivity contribution < 1.29 is 23.8 Å². The Hall–Kier alpha value is -3.71. The number of amides is 1. The number of benzene rings is 2. The molecule has 6 nitrogen and oxygen atoms in total. The highest BCUT2D eigenvalue weighted by Gasteiger charge is 2.46. The summed E-state index contributed by atoms with van der Waals surface area (Å²) in [6, 6.07) is 12.5. The van der Waals surface area contributed by atoms with Gasteiger partial charge in [0.15, 0.2) is 0 Å². The molecule has 1 N–H and O–H groups in total. The number of ether oxygens (including phenoxy) is 1. The molecule has 3 aromatic rings. The molecular formula is C24H18ClFN2O4. The first-order valence-electron chi connectivity index (χ1n) is 9.67. The van der Waals surface area contributed by atoms with Gasteiger partial charge in [-0.25, -0.2) is 4.39 Å². The Morgan fingerprint density at radius 1 is 1.12 bits per heavy atom. The van der Waals surface area contributed by atoms with Crippen LogP contribution < -0.4 is 4.74 Å². The Kier molecular flexibility index (Phi) is 5.92. The van der Waals surface area contributed by atoms with E-state index < -0.39 is 29.3 Å². The second-order valence-corrected chi connectivity index (χ2v) is 7.62. The Bertz CT molecular complexity index is 1210. The minimum atomic E-state index is -0.938. The largest absolute Gasteiger partial charge is 0.507 e. The fourth-order valence-electron chi connectivity index (χ4n) is 3.73. The Labute approximate surface area is 188 Å². The number of hydrogen-bond acceptors (Lipinski definition) is 5. The van der Waals surface area contributed by atoms with E-state index in [1.54, 1.807) is 36.7 Å². The van der Waals surface area contributed by atoms with Crippen LogP contribution in [0.5, 0.6) is 5.75 Å². The van der Waals surface area contributed by atoms with E-state index in [0.717, 1.165) is 5.56 Å². The van der Waals surface area contributed by atoms with Crippen LogP contribution in [0.15, 0.2) is 72.6 Å². The van der Waals surface area contributed by atoms with Gasteiger partial charge in [0.25, 0.3) is 11.7 Å². The van der Waals surface area contributed by atoms with Crippen molar-refractivity contribution in [2.45, 2.75) is 12.6 Å². The third kappa shape index (κ3) is 3.94. The molecule has 32 heavy (non-hydrogen) atoms. The van der Waals surface area contributed by atoms with Gasteiger partial charge in [-0.15, -0.1) is 0 Å². The van der Waals surface area contributed by atoms with E-state index in [0.29, 0.717) is 10.6 Å². The molecule has 0 aliphatic carbocycles. The number of halogens is 2. The van der Waals surface area contributed by atoms with Gasteiger partial charge >= 0.3 is 0 Å². The van der Waals surface area contributed by atoms with Crippen molar-refractivity contribution in [3.8, 4) is 5.75 Å². The molecule has 4 rings (SSSR count). The predicted octanol–water partition coefficient (Wildman–Crippen LogP) is 4.50. The van der Waals surface area contributed by atoms with Gasteiger partial charge in [-0.3, -0.25) is 14.6 Å². The van der Waals surface area contributed by atoms with Crippen LogP contribution in [0.4, 0.5) is 4.39 Å². The smallest absolute Gasteiger partial charge is 0.295 e. The second kappa shape index (κ2) is 8.80. The van der Waals surface area contributed by atoms with Crippen molar-refractivity contribution in [1.82, 2.24) is 9.88 Å². The van der Waals surface area contributed by atoms with Gasteiger partial charge < -0.3 is 14.7 Å². The number of carbonyl (C=O) groups excluding carboxylic acids is 2. The summed E-state index contributed by atoms with van der Waals surface area (Å²) < 4.78 is 18.9. The number of hydrogen-bond donors (Lipinski definition) is 1. The normalized spacial score (nSPS) is 17.6. The van der Waals surface area contributed by atoms with Crippen LogP contribution in [0.2, 0.25) is 5.02 Å². The number of aliphatic hydroxyl groups excluding tert-OH is 1. The fourth-order valence-corrected chi connectivity index (χ4v) is 3.90. The highest BCUT2D eigenvalue weighted by Crippen LogP contribution is 2.42. The lowest BCUT2D eigenvalue weighted by Crippen LogP contribution is -2.29. The van der Waals surface area contributed by atoms with Gasteiger partial charge in [-0.2, -0.15) is 0 Å². The molecule has 1 amide bonds. The van der Waals surface area contributed by atoms with E-state index in [1.807, 2.05) is 0 Å². The maximum absolute atomic E-state index is 13.6. The van der Waals surface area contributed by atoms with Crippen molar-refractivity contribution in [3.05, 3.63) is 100 Å². The molecule has 2 aromatic carbocycles. The highest BCUT2D eigenvalue weighted by molar-refractivity contribution is 6.46. The van der Waals surface area contributed by atoms with Crippen molar-refractivity contribution in [3.63, 3.8) is 0 Å². The van der Waals surface area contributed by atoms with Crippen LogP contribution >= 0.6 is 11.6 Å². The molecule has 8 heteroatoms. The first-order valence-corrected chi connectivity index (χ1v) is 10.0. The molecule has 1 aliphatic rings. The van der Waals surface area contributed by atoms with Crippen LogP contribution in [0.25, 0.3) is 5.76 Å². The Morgan fingerprint density at radius 2 is 1.81 bits per heavy atom. The molecule has 0 saturated carbocycles. The minimum Gasteiger partial charge on any atom is -0.507 e. The zero-order valence-electron chi connectivity index (χ0n) is 17.0. The SMILES string of the molecule is COc1ccc(Cl)cc1/C(O)=C1\C(=O)C(=O)N(Cc2ccncc2)C1c1ccc(F)cc1.